The van der Waals surface area contributed by atoms with Crippen molar-refractivity contribution in [2.75, 3.05) is 26.8 Å². The first kappa shape index (κ1) is 21.0. The van der Waals surface area contributed by atoms with Gasteiger partial charge in [-0.2, -0.15) is 0 Å². The molecule has 1 amide bonds. The predicted molar refractivity (Wildman–Crippen MR) is 102 cm³/mol. The van der Waals surface area contributed by atoms with Gasteiger partial charge in [0.25, 0.3) is 0 Å². The number of nitrogens with zero attached hydrogens (tertiary/aromatic N) is 1. The average Bonchev–Trinajstić information content (AvgIpc) is 2.65. The van der Waals surface area contributed by atoms with E-state index in [1.807, 2.05) is 23.1 Å². The minimum atomic E-state index is -0.980. The second kappa shape index (κ2) is 10.8. The van der Waals surface area contributed by atoms with Gasteiger partial charge in [0, 0.05) is 19.6 Å². The quantitative estimate of drug-likeness (QED) is 0.575. The van der Waals surface area contributed by atoms with Crippen LogP contribution in [0.2, 0.25) is 0 Å². The van der Waals surface area contributed by atoms with E-state index in [2.05, 4.69) is 12.2 Å². The molecule has 2 N–H and O–H groups in total. The van der Waals surface area contributed by atoms with E-state index in [9.17, 15) is 9.59 Å². The summed E-state index contributed by atoms with van der Waals surface area (Å²) in [7, 11) is 1.60. The lowest BCUT2D eigenvalue weighted by atomic mass is 10.1. The van der Waals surface area contributed by atoms with E-state index in [0.29, 0.717) is 37.7 Å². The molecule has 1 atom stereocenters. The fraction of sp³-hybridized carbons (Fsp3) is 0.600. The molecule has 27 heavy (non-hydrogen) atoms. The van der Waals surface area contributed by atoms with Gasteiger partial charge in [-0.3, -0.25) is 14.5 Å². The first-order chi connectivity index (χ1) is 13.0. The number of aliphatic carboxylic acids is 1. The number of hydrogen-bond donors (Lipinski definition) is 2. The number of carboxylic acids is 1. The lowest BCUT2D eigenvalue weighted by Gasteiger charge is -2.34. The van der Waals surface area contributed by atoms with Crippen LogP contribution in [0.15, 0.2) is 18.2 Å². The Hall–Kier alpha value is -2.28. The highest BCUT2D eigenvalue weighted by molar-refractivity contribution is 5.86. The number of carbonyl (C=O) groups excluding carboxylic acids is 1. The van der Waals surface area contributed by atoms with Gasteiger partial charge in [0.15, 0.2) is 11.5 Å². The number of piperazine rings is 1. The highest BCUT2D eigenvalue weighted by atomic mass is 16.5. The van der Waals surface area contributed by atoms with E-state index in [-0.39, 0.29) is 12.3 Å². The van der Waals surface area contributed by atoms with E-state index in [1.54, 1.807) is 7.11 Å². The highest BCUT2D eigenvalue weighted by Crippen LogP contribution is 2.29. The maximum atomic E-state index is 12.0. The zero-order chi connectivity index (χ0) is 19.6. The minimum absolute atomic E-state index is 0.206. The molecular formula is C20H30N2O5. The Morgan fingerprint density at radius 1 is 1.30 bits per heavy atom. The van der Waals surface area contributed by atoms with E-state index in [1.165, 1.54) is 12.8 Å². The van der Waals surface area contributed by atoms with Crippen LogP contribution in [-0.2, 0) is 16.1 Å². The summed E-state index contributed by atoms with van der Waals surface area (Å²) >= 11 is 0. The number of unbranched alkanes of at least 4 members (excludes halogenated alkanes) is 3. The number of hydrogen-bond acceptors (Lipinski definition) is 5. The summed E-state index contributed by atoms with van der Waals surface area (Å²) < 4.78 is 11.3. The topological polar surface area (TPSA) is 88.1 Å². The van der Waals surface area contributed by atoms with Gasteiger partial charge < -0.3 is 19.9 Å². The van der Waals surface area contributed by atoms with Gasteiger partial charge in [-0.25, -0.2) is 0 Å². The van der Waals surface area contributed by atoms with Gasteiger partial charge in [-0.1, -0.05) is 32.3 Å². The summed E-state index contributed by atoms with van der Waals surface area (Å²) in [5, 5.41) is 11.8. The van der Waals surface area contributed by atoms with E-state index < -0.39 is 12.0 Å². The summed E-state index contributed by atoms with van der Waals surface area (Å²) in [4.78, 5) is 25.0. The molecule has 150 valence electrons. The lowest BCUT2D eigenvalue weighted by molar-refractivity contribution is -0.143. The van der Waals surface area contributed by atoms with Crippen molar-refractivity contribution in [3.05, 3.63) is 23.8 Å². The summed E-state index contributed by atoms with van der Waals surface area (Å²) in [6.45, 7) is 4.45. The Morgan fingerprint density at radius 2 is 2.11 bits per heavy atom. The number of carbonyl (C=O) groups is 2. The van der Waals surface area contributed by atoms with Crippen LogP contribution in [0.5, 0.6) is 11.5 Å². The van der Waals surface area contributed by atoms with Gasteiger partial charge in [0.1, 0.15) is 6.04 Å². The molecule has 1 saturated heterocycles. The molecule has 7 heteroatoms. The molecule has 1 aliphatic rings. The molecule has 0 radical (unpaired) electrons. The smallest absolute Gasteiger partial charge is 0.305 e. The zero-order valence-electron chi connectivity index (χ0n) is 16.2. The number of benzene rings is 1. The van der Waals surface area contributed by atoms with Gasteiger partial charge in [0.2, 0.25) is 5.91 Å². The molecule has 1 aromatic carbocycles. The van der Waals surface area contributed by atoms with Gasteiger partial charge >= 0.3 is 5.97 Å². The largest absolute Gasteiger partial charge is 0.493 e. The third-order valence-electron chi connectivity index (χ3n) is 4.68. The second-order valence-corrected chi connectivity index (χ2v) is 6.77. The molecular weight excluding hydrogens is 348 g/mol. The monoisotopic (exact) mass is 378 g/mol. The molecule has 0 saturated carbocycles. The zero-order valence-corrected chi connectivity index (χ0v) is 16.2. The van der Waals surface area contributed by atoms with Gasteiger partial charge in [-0.15, -0.1) is 0 Å². The fourth-order valence-electron chi connectivity index (χ4n) is 3.21. The van der Waals surface area contributed by atoms with E-state index >= 15 is 0 Å². The molecule has 1 aromatic rings. The number of amides is 1. The van der Waals surface area contributed by atoms with Gasteiger partial charge in [0.05, 0.1) is 20.1 Å². The molecule has 0 bridgehead atoms. The number of ether oxygens (including phenoxy) is 2. The van der Waals surface area contributed by atoms with E-state index in [4.69, 9.17) is 14.6 Å². The summed E-state index contributed by atoms with van der Waals surface area (Å²) in [5.41, 5.74) is 0.954. The van der Waals surface area contributed by atoms with Crippen LogP contribution in [0, 0.1) is 0 Å². The maximum Gasteiger partial charge on any atom is 0.305 e. The van der Waals surface area contributed by atoms with Gasteiger partial charge in [-0.05, 0) is 24.1 Å². The maximum absolute atomic E-state index is 12.0. The molecule has 1 fully saturated rings. The molecule has 7 nitrogen and oxygen atoms in total. The SMILES string of the molecule is CCCCCCOc1ccc(CN2CCNC(=O)C2CC(=O)O)cc1OC. The fourth-order valence-corrected chi connectivity index (χ4v) is 3.21. The van der Waals surface area contributed by atoms with Crippen molar-refractivity contribution in [1.29, 1.82) is 0 Å². The highest BCUT2D eigenvalue weighted by Gasteiger charge is 2.31. The summed E-state index contributed by atoms with van der Waals surface area (Å²) in [6.07, 6.45) is 4.36. The van der Waals surface area contributed by atoms with Crippen molar-refractivity contribution in [2.45, 2.75) is 51.6 Å². The molecule has 0 aromatic heterocycles. The standard InChI is InChI=1S/C20H30N2O5/c1-3-4-5-6-11-27-17-8-7-15(12-18(17)26-2)14-22-10-9-21-20(25)16(22)13-19(23)24/h7-8,12,16H,3-6,9-11,13-14H2,1-2H3,(H,21,25)(H,23,24). The minimum Gasteiger partial charge on any atom is -0.493 e. The molecule has 0 aliphatic carbocycles. The number of methoxy groups -OCH3 is 1. The third kappa shape index (κ3) is 6.43. The molecule has 1 heterocycles. The van der Waals surface area contributed by atoms with Crippen LogP contribution in [0.25, 0.3) is 0 Å². The van der Waals surface area contributed by atoms with Crippen molar-refractivity contribution in [1.82, 2.24) is 10.2 Å². The van der Waals surface area contributed by atoms with Crippen molar-refractivity contribution in [2.24, 2.45) is 0 Å². The molecule has 0 spiro atoms. The van der Waals surface area contributed by atoms with E-state index in [0.717, 1.165) is 18.4 Å². The van der Waals surface area contributed by atoms with Crippen molar-refractivity contribution >= 4 is 11.9 Å². The van der Waals surface area contributed by atoms with Crippen LogP contribution >= 0.6 is 0 Å². The van der Waals surface area contributed by atoms with Crippen LogP contribution < -0.4 is 14.8 Å². The number of rotatable bonds is 11. The Bertz CT molecular complexity index is 635. The van der Waals surface area contributed by atoms with Crippen LogP contribution in [0.3, 0.4) is 0 Å². The Morgan fingerprint density at radius 3 is 2.81 bits per heavy atom. The molecule has 1 aliphatic heterocycles. The van der Waals surface area contributed by atoms with Crippen molar-refractivity contribution in [3.63, 3.8) is 0 Å². The number of nitrogens with one attached hydrogen (secondary N) is 1. The van der Waals surface area contributed by atoms with Crippen LogP contribution in [0.1, 0.15) is 44.6 Å². The molecule has 1 unspecified atom stereocenters. The van der Waals surface area contributed by atoms with Crippen molar-refractivity contribution < 1.29 is 24.2 Å². The summed E-state index contributed by atoms with van der Waals surface area (Å²) in [5.74, 6) is 0.143. The Balaban J connectivity index is 2.01. The normalized spacial score (nSPS) is 17.4. The predicted octanol–water partition coefficient (Wildman–Crippen LogP) is 2.43. The first-order valence-corrected chi connectivity index (χ1v) is 9.58. The van der Waals surface area contributed by atoms with Crippen LogP contribution in [0.4, 0.5) is 0 Å². The Kier molecular flexibility index (Phi) is 8.39. The molecule has 2 rings (SSSR count). The second-order valence-electron chi connectivity index (χ2n) is 6.77. The van der Waals surface area contributed by atoms with Crippen LogP contribution in [-0.4, -0.2) is 54.7 Å². The Labute approximate surface area is 160 Å². The van der Waals surface area contributed by atoms with Crippen molar-refractivity contribution in [3.8, 4) is 11.5 Å². The number of carboxylic acid groups (broad SMARTS) is 1. The third-order valence-corrected chi connectivity index (χ3v) is 4.68. The first-order valence-electron chi connectivity index (χ1n) is 9.58. The lowest BCUT2D eigenvalue weighted by Crippen LogP contribution is -2.55. The average molecular weight is 378 g/mol. The summed E-state index contributed by atoms with van der Waals surface area (Å²) in [6, 6.07) is 5.06.